The van der Waals surface area contributed by atoms with E-state index < -0.39 is 27.8 Å². The van der Waals surface area contributed by atoms with Crippen LogP contribution in [0.5, 0.6) is 0 Å². The van der Waals surface area contributed by atoms with E-state index in [0.29, 0.717) is 11.3 Å². The maximum atomic E-state index is 12.4. The average molecular weight is 381 g/mol. The minimum atomic E-state index is -3.08. The van der Waals surface area contributed by atoms with Gasteiger partial charge in [0.25, 0.3) is 5.91 Å². The van der Waals surface area contributed by atoms with E-state index in [0.717, 1.165) is 10.1 Å². The summed E-state index contributed by atoms with van der Waals surface area (Å²) in [6, 6.07) is 8.99. The second kappa shape index (κ2) is 6.76. The second-order valence-electron chi connectivity index (χ2n) is 6.20. The summed E-state index contributed by atoms with van der Waals surface area (Å²) in [5, 5.41) is 0.951. The third-order valence-electron chi connectivity index (χ3n) is 4.36. The number of amides is 1. The van der Waals surface area contributed by atoms with Gasteiger partial charge in [0.1, 0.15) is 4.88 Å². The molecule has 3 rings (SSSR count). The van der Waals surface area contributed by atoms with Crippen LogP contribution in [-0.2, 0) is 19.4 Å². The Hall–Kier alpha value is -1.93. The van der Waals surface area contributed by atoms with Crippen molar-refractivity contribution in [3.63, 3.8) is 0 Å². The topological polar surface area (TPSA) is 80.8 Å². The number of rotatable bonds is 4. The molecule has 1 aliphatic heterocycles. The SMILES string of the molecule is C[C@@H](OC(=O)c1cc2ccccc2s1)C(=O)N(C)[C@@H]1CCS(=O)(=O)C1. The van der Waals surface area contributed by atoms with Crippen LogP contribution in [0.15, 0.2) is 30.3 Å². The lowest BCUT2D eigenvalue weighted by Crippen LogP contribution is -2.44. The molecule has 1 aromatic heterocycles. The highest BCUT2D eigenvalue weighted by Crippen LogP contribution is 2.26. The highest BCUT2D eigenvalue weighted by Gasteiger charge is 2.35. The number of carbonyl (C=O) groups is 2. The van der Waals surface area contributed by atoms with Crippen LogP contribution in [0.2, 0.25) is 0 Å². The number of benzene rings is 1. The van der Waals surface area contributed by atoms with Crippen LogP contribution in [0.3, 0.4) is 0 Å². The molecule has 1 aliphatic rings. The van der Waals surface area contributed by atoms with Gasteiger partial charge < -0.3 is 9.64 Å². The van der Waals surface area contributed by atoms with Gasteiger partial charge in [-0.25, -0.2) is 13.2 Å². The molecular formula is C17H19NO5S2. The molecular weight excluding hydrogens is 362 g/mol. The van der Waals surface area contributed by atoms with Crippen molar-refractivity contribution < 1.29 is 22.7 Å². The van der Waals surface area contributed by atoms with Crippen molar-refractivity contribution in [3.8, 4) is 0 Å². The molecule has 6 nitrogen and oxygen atoms in total. The number of esters is 1. The fourth-order valence-corrected chi connectivity index (χ4v) is 5.62. The summed E-state index contributed by atoms with van der Waals surface area (Å²) in [5.41, 5.74) is 0. The molecule has 0 N–H and O–H groups in total. The van der Waals surface area contributed by atoms with Crippen LogP contribution >= 0.6 is 11.3 Å². The van der Waals surface area contributed by atoms with E-state index in [-0.39, 0.29) is 17.5 Å². The number of sulfone groups is 1. The Morgan fingerprint density at radius 3 is 2.68 bits per heavy atom. The van der Waals surface area contributed by atoms with Gasteiger partial charge in [-0.2, -0.15) is 0 Å². The number of hydrogen-bond acceptors (Lipinski definition) is 6. The zero-order valence-corrected chi connectivity index (χ0v) is 15.6. The number of hydrogen-bond donors (Lipinski definition) is 0. The first-order valence-corrected chi connectivity index (χ1v) is 10.6. The quantitative estimate of drug-likeness (QED) is 0.758. The Morgan fingerprint density at radius 2 is 2.04 bits per heavy atom. The van der Waals surface area contributed by atoms with Gasteiger partial charge >= 0.3 is 5.97 Å². The summed E-state index contributed by atoms with van der Waals surface area (Å²) in [6.07, 6.45) is -0.548. The van der Waals surface area contributed by atoms with Crippen molar-refractivity contribution in [2.45, 2.75) is 25.5 Å². The minimum Gasteiger partial charge on any atom is -0.448 e. The predicted octanol–water partition coefficient (Wildman–Crippen LogP) is 2.09. The summed E-state index contributed by atoms with van der Waals surface area (Å²) >= 11 is 1.31. The van der Waals surface area contributed by atoms with Crippen LogP contribution in [-0.4, -0.2) is 55.9 Å². The highest BCUT2D eigenvalue weighted by molar-refractivity contribution is 7.91. The number of thiophene rings is 1. The minimum absolute atomic E-state index is 0.0355. The van der Waals surface area contributed by atoms with Crippen molar-refractivity contribution in [2.75, 3.05) is 18.6 Å². The number of ether oxygens (including phenoxy) is 1. The van der Waals surface area contributed by atoms with Gasteiger partial charge in [-0.15, -0.1) is 11.3 Å². The standard InChI is InChI=1S/C17H19NO5S2/c1-11(16(19)18(2)13-7-8-25(21,22)10-13)23-17(20)15-9-12-5-3-4-6-14(12)24-15/h3-6,9,11,13H,7-8,10H2,1-2H3/t11-,13-/m1/s1. The lowest BCUT2D eigenvalue weighted by molar-refractivity contribution is -0.140. The largest absolute Gasteiger partial charge is 0.448 e. The molecule has 0 bridgehead atoms. The van der Waals surface area contributed by atoms with E-state index in [4.69, 9.17) is 4.74 Å². The van der Waals surface area contributed by atoms with Crippen LogP contribution in [0.4, 0.5) is 0 Å². The van der Waals surface area contributed by atoms with Gasteiger partial charge in [-0.1, -0.05) is 18.2 Å². The van der Waals surface area contributed by atoms with Crippen molar-refractivity contribution >= 4 is 43.1 Å². The Morgan fingerprint density at radius 1 is 1.32 bits per heavy atom. The molecule has 0 radical (unpaired) electrons. The van der Waals surface area contributed by atoms with E-state index in [1.807, 2.05) is 24.3 Å². The van der Waals surface area contributed by atoms with E-state index >= 15 is 0 Å². The zero-order chi connectivity index (χ0) is 18.2. The summed E-state index contributed by atoms with van der Waals surface area (Å²) in [6.45, 7) is 1.51. The molecule has 0 spiro atoms. The first-order valence-electron chi connectivity index (χ1n) is 7.93. The fourth-order valence-electron chi connectivity index (χ4n) is 2.90. The van der Waals surface area contributed by atoms with Gasteiger partial charge in [0.15, 0.2) is 15.9 Å². The number of nitrogens with zero attached hydrogens (tertiary/aromatic N) is 1. The van der Waals surface area contributed by atoms with Crippen LogP contribution in [0.25, 0.3) is 10.1 Å². The normalized spacial score (nSPS) is 20.3. The lowest BCUT2D eigenvalue weighted by Gasteiger charge is -2.26. The monoisotopic (exact) mass is 381 g/mol. The van der Waals surface area contributed by atoms with E-state index in [1.54, 1.807) is 13.1 Å². The van der Waals surface area contributed by atoms with Gasteiger partial charge in [0, 0.05) is 17.8 Å². The molecule has 134 valence electrons. The van der Waals surface area contributed by atoms with Crippen LogP contribution in [0, 0.1) is 0 Å². The summed E-state index contributed by atoms with van der Waals surface area (Å²) in [5.74, 6) is -0.886. The van der Waals surface area contributed by atoms with E-state index in [2.05, 4.69) is 0 Å². The molecule has 0 saturated carbocycles. The molecule has 2 heterocycles. The Balaban J connectivity index is 1.65. The van der Waals surface area contributed by atoms with Crippen LogP contribution in [0.1, 0.15) is 23.0 Å². The van der Waals surface area contributed by atoms with Crippen LogP contribution < -0.4 is 0 Å². The summed E-state index contributed by atoms with van der Waals surface area (Å²) in [7, 11) is -1.53. The highest BCUT2D eigenvalue weighted by atomic mass is 32.2. The van der Waals surface area contributed by atoms with E-state index in [9.17, 15) is 18.0 Å². The Labute approximate surface area is 150 Å². The van der Waals surface area contributed by atoms with Gasteiger partial charge in [-0.3, -0.25) is 4.79 Å². The van der Waals surface area contributed by atoms with Gasteiger partial charge in [-0.05, 0) is 30.9 Å². The summed E-state index contributed by atoms with van der Waals surface area (Å²) < 4.78 is 29.4. The van der Waals surface area contributed by atoms with Gasteiger partial charge in [0.05, 0.1) is 11.5 Å². The molecule has 0 aliphatic carbocycles. The molecule has 2 aromatic rings. The first-order chi connectivity index (χ1) is 11.8. The number of carbonyl (C=O) groups excluding carboxylic acids is 2. The first kappa shape index (κ1) is 17.9. The third-order valence-corrected chi connectivity index (χ3v) is 7.21. The molecule has 8 heteroatoms. The van der Waals surface area contributed by atoms with Gasteiger partial charge in [0.2, 0.25) is 0 Å². The van der Waals surface area contributed by atoms with Crippen molar-refractivity contribution in [3.05, 3.63) is 35.2 Å². The lowest BCUT2D eigenvalue weighted by atomic mass is 10.2. The zero-order valence-electron chi connectivity index (χ0n) is 14.0. The van der Waals surface area contributed by atoms with E-state index in [1.165, 1.54) is 23.2 Å². The second-order valence-corrected chi connectivity index (χ2v) is 9.51. The molecule has 25 heavy (non-hydrogen) atoms. The smallest absolute Gasteiger partial charge is 0.349 e. The fraction of sp³-hybridized carbons (Fsp3) is 0.412. The number of likely N-dealkylation sites (N-methyl/N-ethyl adjacent to an activating group) is 1. The Kier molecular flexibility index (Phi) is 4.83. The summed E-state index contributed by atoms with van der Waals surface area (Å²) in [4.78, 5) is 26.6. The third kappa shape index (κ3) is 3.85. The molecule has 1 amide bonds. The molecule has 1 fully saturated rings. The number of fused-ring (bicyclic) bond motifs is 1. The Bertz CT molecular complexity index is 885. The molecule has 0 unspecified atom stereocenters. The maximum absolute atomic E-state index is 12.4. The van der Waals surface area contributed by atoms with Crippen molar-refractivity contribution in [1.29, 1.82) is 0 Å². The molecule has 1 aromatic carbocycles. The predicted molar refractivity (Wildman–Crippen MR) is 96.5 cm³/mol. The molecule has 1 saturated heterocycles. The van der Waals surface area contributed by atoms with Crippen molar-refractivity contribution in [1.82, 2.24) is 4.90 Å². The van der Waals surface area contributed by atoms with Crippen molar-refractivity contribution in [2.24, 2.45) is 0 Å². The maximum Gasteiger partial charge on any atom is 0.349 e. The average Bonchev–Trinajstić information content (AvgIpc) is 3.16. The molecule has 2 atom stereocenters.